The minimum absolute atomic E-state index is 0.0148. The fraction of sp³-hybridized carbons (Fsp3) is 0.474. The summed E-state index contributed by atoms with van der Waals surface area (Å²) in [6.07, 6.45) is 2.09. The lowest BCUT2D eigenvalue weighted by molar-refractivity contribution is 0.0709. The molecule has 5 nitrogen and oxygen atoms in total. The predicted molar refractivity (Wildman–Crippen MR) is 96.4 cm³/mol. The van der Waals surface area contributed by atoms with Crippen molar-refractivity contribution >= 4 is 11.6 Å². The van der Waals surface area contributed by atoms with E-state index in [0.717, 1.165) is 37.3 Å². The Hall–Kier alpha value is -2.30. The molecule has 1 saturated heterocycles. The van der Waals surface area contributed by atoms with E-state index < -0.39 is 0 Å². The van der Waals surface area contributed by atoms with Gasteiger partial charge >= 0.3 is 0 Å². The van der Waals surface area contributed by atoms with Crippen LogP contribution in [-0.4, -0.2) is 40.1 Å². The highest BCUT2D eigenvalue weighted by atomic mass is 16.2. The molecule has 1 aliphatic rings. The zero-order chi connectivity index (χ0) is 17.1. The molecular weight excluding hydrogens is 300 g/mol. The number of amides is 1. The number of aryl methyl sites for hydroxylation is 1. The summed E-state index contributed by atoms with van der Waals surface area (Å²) in [4.78, 5) is 14.4. The van der Waals surface area contributed by atoms with E-state index in [2.05, 4.69) is 53.6 Å². The summed E-state index contributed by atoms with van der Waals surface area (Å²) in [6, 6.07) is 10.7. The molecule has 5 heteroatoms. The van der Waals surface area contributed by atoms with E-state index in [4.69, 9.17) is 0 Å². The Kier molecular flexibility index (Phi) is 4.88. The first kappa shape index (κ1) is 16.6. The van der Waals surface area contributed by atoms with Crippen LogP contribution in [0.15, 0.2) is 30.3 Å². The lowest BCUT2D eigenvalue weighted by atomic mass is 10.0. The van der Waals surface area contributed by atoms with Crippen molar-refractivity contribution in [3.63, 3.8) is 0 Å². The summed E-state index contributed by atoms with van der Waals surface area (Å²) >= 11 is 0. The largest absolute Gasteiger partial charge is 0.381 e. The highest BCUT2D eigenvalue weighted by molar-refractivity contribution is 5.92. The van der Waals surface area contributed by atoms with Crippen LogP contribution in [-0.2, 0) is 0 Å². The second-order valence-corrected chi connectivity index (χ2v) is 6.95. The lowest BCUT2D eigenvalue weighted by Crippen LogP contribution is -2.45. The summed E-state index contributed by atoms with van der Waals surface area (Å²) in [5, 5.41) is 10.5. The number of carbonyl (C=O) groups is 1. The number of likely N-dealkylation sites (tertiary alicyclic amines) is 1. The number of hydrogen-bond acceptors (Lipinski definition) is 3. The number of piperidine rings is 1. The third kappa shape index (κ3) is 3.78. The van der Waals surface area contributed by atoms with Gasteiger partial charge in [0.15, 0.2) is 0 Å². The Morgan fingerprint density at radius 2 is 2.08 bits per heavy atom. The van der Waals surface area contributed by atoms with E-state index in [1.54, 1.807) is 0 Å². The number of nitrogens with zero attached hydrogens (tertiary/aromatic N) is 2. The van der Waals surface area contributed by atoms with Gasteiger partial charge in [0.1, 0.15) is 5.69 Å². The van der Waals surface area contributed by atoms with Crippen LogP contribution in [0.4, 0.5) is 5.69 Å². The number of H-pyrrole nitrogens is 1. The molecular formula is C19H26N4O. The molecule has 1 aromatic heterocycles. The van der Waals surface area contributed by atoms with Crippen LogP contribution in [0.5, 0.6) is 0 Å². The van der Waals surface area contributed by atoms with Gasteiger partial charge in [0.2, 0.25) is 0 Å². The van der Waals surface area contributed by atoms with Crippen LogP contribution in [0.3, 0.4) is 0 Å². The number of hydrogen-bond donors (Lipinski definition) is 2. The molecule has 0 bridgehead atoms. The molecule has 24 heavy (non-hydrogen) atoms. The molecule has 1 fully saturated rings. The van der Waals surface area contributed by atoms with Crippen LogP contribution >= 0.6 is 0 Å². The Morgan fingerprint density at radius 1 is 1.33 bits per heavy atom. The molecule has 1 atom stereocenters. The Morgan fingerprint density at radius 3 is 2.71 bits per heavy atom. The maximum Gasteiger partial charge on any atom is 0.274 e. The second kappa shape index (κ2) is 7.07. The van der Waals surface area contributed by atoms with Crippen LogP contribution in [0.2, 0.25) is 0 Å². The monoisotopic (exact) mass is 326 g/mol. The maximum atomic E-state index is 12.5. The molecule has 0 unspecified atom stereocenters. The van der Waals surface area contributed by atoms with E-state index in [0.29, 0.717) is 11.6 Å². The molecule has 128 valence electrons. The minimum Gasteiger partial charge on any atom is -0.381 e. The summed E-state index contributed by atoms with van der Waals surface area (Å²) < 4.78 is 0. The quantitative estimate of drug-likeness (QED) is 0.903. The third-order valence-corrected chi connectivity index (χ3v) is 4.58. The molecule has 1 aromatic carbocycles. The van der Waals surface area contributed by atoms with Crippen LogP contribution in [0, 0.1) is 6.92 Å². The number of aromatic nitrogens is 2. The SMILES string of the molecule is Cc1cc(C(=O)N2CCC[C@@H](Nc3ccc(C(C)C)cc3)C2)n[nH]1. The summed E-state index contributed by atoms with van der Waals surface area (Å²) in [5.41, 5.74) is 3.88. The number of aromatic amines is 1. The van der Waals surface area contributed by atoms with E-state index in [1.165, 1.54) is 5.56 Å². The zero-order valence-electron chi connectivity index (χ0n) is 14.7. The highest BCUT2D eigenvalue weighted by Crippen LogP contribution is 2.20. The number of benzene rings is 1. The summed E-state index contributed by atoms with van der Waals surface area (Å²) in [7, 11) is 0. The molecule has 0 spiro atoms. The Labute approximate surface area is 143 Å². The first-order valence-electron chi connectivity index (χ1n) is 8.70. The average Bonchev–Trinajstić information content (AvgIpc) is 3.01. The average molecular weight is 326 g/mol. The molecule has 0 saturated carbocycles. The molecule has 2 N–H and O–H groups in total. The van der Waals surface area contributed by atoms with E-state index in [1.807, 2.05) is 17.9 Å². The van der Waals surface area contributed by atoms with Crippen molar-refractivity contribution in [1.82, 2.24) is 15.1 Å². The molecule has 2 heterocycles. The van der Waals surface area contributed by atoms with E-state index in [-0.39, 0.29) is 11.9 Å². The number of rotatable bonds is 4. The van der Waals surface area contributed by atoms with Gasteiger partial charge in [-0.05, 0) is 49.4 Å². The third-order valence-electron chi connectivity index (χ3n) is 4.58. The fourth-order valence-corrected chi connectivity index (χ4v) is 3.17. The van der Waals surface area contributed by atoms with Gasteiger partial charge in [-0.2, -0.15) is 5.10 Å². The number of nitrogens with one attached hydrogen (secondary N) is 2. The Balaban J connectivity index is 1.62. The molecule has 1 amide bonds. The molecule has 0 radical (unpaired) electrons. The standard InChI is InChI=1S/C19H26N4O/c1-13(2)15-6-8-16(9-7-15)20-17-5-4-10-23(12-17)19(24)18-11-14(3)21-22-18/h6-9,11,13,17,20H,4-5,10,12H2,1-3H3,(H,21,22)/t17-/m1/s1. The van der Waals surface area contributed by atoms with Crippen molar-refractivity contribution in [2.45, 2.75) is 45.6 Å². The molecule has 2 aromatic rings. The van der Waals surface area contributed by atoms with Crippen molar-refractivity contribution in [1.29, 1.82) is 0 Å². The van der Waals surface area contributed by atoms with Gasteiger partial charge in [0, 0.05) is 30.5 Å². The first-order chi connectivity index (χ1) is 11.5. The van der Waals surface area contributed by atoms with Crippen LogP contribution < -0.4 is 5.32 Å². The second-order valence-electron chi connectivity index (χ2n) is 6.95. The van der Waals surface area contributed by atoms with Crippen molar-refractivity contribution < 1.29 is 4.79 Å². The number of anilines is 1. The summed E-state index contributed by atoms with van der Waals surface area (Å²) in [5.74, 6) is 0.556. The topological polar surface area (TPSA) is 61.0 Å². The molecule has 3 rings (SSSR count). The normalized spacial score (nSPS) is 18.0. The molecule has 0 aliphatic carbocycles. The van der Waals surface area contributed by atoms with Gasteiger partial charge in [-0.1, -0.05) is 26.0 Å². The number of carbonyl (C=O) groups excluding carboxylic acids is 1. The van der Waals surface area contributed by atoms with Crippen molar-refractivity contribution in [2.75, 3.05) is 18.4 Å². The van der Waals surface area contributed by atoms with Gasteiger partial charge in [-0.15, -0.1) is 0 Å². The van der Waals surface area contributed by atoms with Crippen molar-refractivity contribution in [3.8, 4) is 0 Å². The predicted octanol–water partition coefficient (Wildman–Crippen LogP) is 3.56. The van der Waals surface area contributed by atoms with Crippen LogP contribution in [0.1, 0.15) is 54.4 Å². The van der Waals surface area contributed by atoms with Crippen LogP contribution in [0.25, 0.3) is 0 Å². The first-order valence-corrected chi connectivity index (χ1v) is 8.70. The minimum atomic E-state index is 0.0148. The Bertz CT molecular complexity index is 690. The summed E-state index contributed by atoms with van der Waals surface area (Å²) in [6.45, 7) is 7.82. The van der Waals surface area contributed by atoms with Gasteiger partial charge in [-0.25, -0.2) is 0 Å². The fourth-order valence-electron chi connectivity index (χ4n) is 3.17. The van der Waals surface area contributed by atoms with Gasteiger partial charge in [-0.3, -0.25) is 9.89 Å². The van der Waals surface area contributed by atoms with Gasteiger partial charge in [0.05, 0.1) is 0 Å². The van der Waals surface area contributed by atoms with E-state index >= 15 is 0 Å². The van der Waals surface area contributed by atoms with Gasteiger partial charge in [0.25, 0.3) is 5.91 Å². The van der Waals surface area contributed by atoms with Crippen molar-refractivity contribution in [3.05, 3.63) is 47.3 Å². The highest BCUT2D eigenvalue weighted by Gasteiger charge is 2.25. The maximum absolute atomic E-state index is 12.5. The molecule has 1 aliphatic heterocycles. The smallest absolute Gasteiger partial charge is 0.274 e. The van der Waals surface area contributed by atoms with Gasteiger partial charge < -0.3 is 10.2 Å². The lowest BCUT2D eigenvalue weighted by Gasteiger charge is -2.33. The zero-order valence-corrected chi connectivity index (χ0v) is 14.7. The van der Waals surface area contributed by atoms with Crippen molar-refractivity contribution in [2.24, 2.45) is 0 Å². The van der Waals surface area contributed by atoms with E-state index in [9.17, 15) is 4.79 Å².